The third-order valence-corrected chi connectivity index (χ3v) is 8.17. The second kappa shape index (κ2) is 12.7. The summed E-state index contributed by atoms with van der Waals surface area (Å²) in [6.45, 7) is 7.17. The first-order valence-corrected chi connectivity index (χ1v) is 13.6. The first kappa shape index (κ1) is 26.6. The zero-order chi connectivity index (χ0) is 24.7. The number of aryl methyl sites for hydroxylation is 2. The van der Waals surface area contributed by atoms with E-state index in [1.54, 1.807) is 29.6 Å². The van der Waals surface area contributed by atoms with Crippen LogP contribution in [0.1, 0.15) is 46.2 Å². The molecule has 0 aliphatic rings. The van der Waals surface area contributed by atoms with Gasteiger partial charge in [-0.25, -0.2) is 0 Å². The van der Waals surface area contributed by atoms with Gasteiger partial charge in [-0.3, -0.25) is 9.69 Å². The van der Waals surface area contributed by atoms with E-state index in [1.807, 2.05) is 36.2 Å². The van der Waals surface area contributed by atoms with Crippen molar-refractivity contribution in [1.29, 1.82) is 0 Å². The van der Waals surface area contributed by atoms with E-state index >= 15 is 0 Å². The van der Waals surface area contributed by atoms with Crippen LogP contribution in [-0.2, 0) is 11.3 Å². The fourth-order valence-corrected chi connectivity index (χ4v) is 6.01. The van der Waals surface area contributed by atoms with E-state index in [2.05, 4.69) is 48.1 Å². The van der Waals surface area contributed by atoms with Gasteiger partial charge in [-0.1, -0.05) is 29.8 Å². The van der Waals surface area contributed by atoms with Crippen LogP contribution in [0.5, 0.6) is 0 Å². The van der Waals surface area contributed by atoms with Gasteiger partial charge in [-0.2, -0.15) is 0 Å². The van der Waals surface area contributed by atoms with Crippen molar-refractivity contribution in [3.63, 3.8) is 0 Å². The van der Waals surface area contributed by atoms with E-state index in [4.69, 9.17) is 11.6 Å². The molecule has 0 saturated heterocycles. The van der Waals surface area contributed by atoms with E-state index in [0.29, 0.717) is 24.5 Å². The van der Waals surface area contributed by atoms with E-state index in [-0.39, 0.29) is 5.91 Å². The lowest BCUT2D eigenvalue weighted by Crippen LogP contribution is -2.46. The van der Waals surface area contributed by atoms with Gasteiger partial charge in [0.05, 0.1) is 12.1 Å². The van der Waals surface area contributed by atoms with Crippen molar-refractivity contribution in [1.82, 2.24) is 10.2 Å². The number of amides is 1. The summed E-state index contributed by atoms with van der Waals surface area (Å²) in [5, 5.41) is 18.0. The number of nitrogens with zero attached hydrogens (tertiary/aromatic N) is 1. The van der Waals surface area contributed by atoms with Crippen molar-refractivity contribution in [2.75, 3.05) is 13.6 Å². The molecule has 1 aromatic carbocycles. The fourth-order valence-electron chi connectivity index (χ4n) is 3.87. The first-order chi connectivity index (χ1) is 16.3. The lowest BCUT2D eigenvalue weighted by molar-refractivity contribution is -0.127. The third kappa shape index (κ3) is 7.27. The number of aliphatic hydroxyl groups excluding tert-OH is 1. The molecule has 7 heteroatoms. The van der Waals surface area contributed by atoms with Gasteiger partial charge in [0.15, 0.2) is 0 Å². The van der Waals surface area contributed by atoms with Crippen molar-refractivity contribution >= 4 is 45.8 Å². The van der Waals surface area contributed by atoms with Crippen molar-refractivity contribution in [2.45, 2.75) is 52.3 Å². The smallest absolute Gasteiger partial charge is 0.237 e. The lowest BCUT2D eigenvalue weighted by Gasteiger charge is -2.28. The number of likely N-dealkylation sites (N-methyl/N-ethyl adjacent to an activating group) is 1. The summed E-state index contributed by atoms with van der Waals surface area (Å²) in [5.41, 5.74) is 4.83. The molecule has 0 saturated carbocycles. The quantitative estimate of drug-likeness (QED) is 0.315. The Hall–Kier alpha value is -1.96. The molecule has 0 aliphatic heterocycles. The van der Waals surface area contributed by atoms with Crippen molar-refractivity contribution < 1.29 is 9.90 Å². The number of nitrogens with one attached hydrogen (secondary N) is 1. The summed E-state index contributed by atoms with van der Waals surface area (Å²) in [6, 6.07) is 11.4. The minimum atomic E-state index is -0.567. The SMILES string of the molecule is Cc1ccsc1C(=CCCN(C)C(CC(C)O)C(=O)NCc1ccc(Cl)cc1)c1sccc1C. The standard InChI is InChI=1S/C27H33ClN2O2S2/c1-18-11-14-33-25(18)23(26-19(2)12-15-34-26)6-5-13-30(4)24(16-20(3)31)27(32)29-17-21-7-9-22(28)10-8-21/h6-12,14-15,20,24,31H,5,13,16-17H2,1-4H3,(H,29,32). The molecule has 0 radical (unpaired) electrons. The number of carbonyl (C=O) groups is 1. The van der Waals surface area contributed by atoms with E-state index in [1.165, 1.54) is 26.5 Å². The Morgan fingerprint density at radius 3 is 2.18 bits per heavy atom. The van der Waals surface area contributed by atoms with Crippen LogP contribution in [0, 0.1) is 13.8 Å². The molecular formula is C27H33ClN2O2S2. The molecule has 2 unspecified atom stereocenters. The fraction of sp³-hybridized carbons (Fsp3) is 0.370. The minimum Gasteiger partial charge on any atom is -0.393 e. The van der Waals surface area contributed by atoms with Crippen LogP contribution in [0.3, 0.4) is 0 Å². The number of carbonyl (C=O) groups excluding carboxylic acids is 1. The molecule has 2 N–H and O–H groups in total. The highest BCUT2D eigenvalue weighted by atomic mass is 35.5. The highest BCUT2D eigenvalue weighted by Gasteiger charge is 2.24. The number of rotatable bonds is 11. The summed E-state index contributed by atoms with van der Waals surface area (Å²) in [6.07, 6.45) is 2.91. The molecule has 182 valence electrons. The summed E-state index contributed by atoms with van der Waals surface area (Å²) >= 11 is 9.49. The van der Waals surface area contributed by atoms with Crippen LogP contribution in [0.25, 0.3) is 5.57 Å². The van der Waals surface area contributed by atoms with Crippen LogP contribution in [0.15, 0.2) is 53.2 Å². The molecule has 0 fully saturated rings. The Balaban J connectivity index is 1.69. The predicted octanol–water partition coefficient (Wildman–Crippen LogP) is 6.29. The van der Waals surface area contributed by atoms with Crippen LogP contribution in [0.4, 0.5) is 0 Å². The Morgan fingerprint density at radius 2 is 1.68 bits per heavy atom. The van der Waals surface area contributed by atoms with Crippen LogP contribution < -0.4 is 5.32 Å². The molecular weight excluding hydrogens is 484 g/mol. The molecule has 2 heterocycles. The molecule has 2 atom stereocenters. The zero-order valence-electron chi connectivity index (χ0n) is 20.2. The van der Waals surface area contributed by atoms with Gasteiger partial charge in [0.2, 0.25) is 5.91 Å². The van der Waals surface area contributed by atoms with Gasteiger partial charge < -0.3 is 10.4 Å². The Bertz CT molecular complexity index is 1060. The summed E-state index contributed by atoms with van der Waals surface area (Å²) < 4.78 is 0. The predicted molar refractivity (Wildman–Crippen MR) is 146 cm³/mol. The highest BCUT2D eigenvalue weighted by Crippen LogP contribution is 2.35. The number of hydrogen-bond acceptors (Lipinski definition) is 5. The molecule has 3 rings (SSSR count). The molecule has 34 heavy (non-hydrogen) atoms. The maximum absolute atomic E-state index is 13.0. The molecule has 4 nitrogen and oxygen atoms in total. The minimum absolute atomic E-state index is 0.0780. The Labute approximate surface area is 215 Å². The second-order valence-corrected chi connectivity index (χ2v) is 11.0. The monoisotopic (exact) mass is 516 g/mol. The number of thiophene rings is 2. The number of aliphatic hydroxyl groups is 1. The van der Waals surface area contributed by atoms with Gasteiger partial charge in [0.25, 0.3) is 0 Å². The van der Waals surface area contributed by atoms with Crippen molar-refractivity contribution in [3.8, 4) is 0 Å². The second-order valence-electron chi connectivity index (χ2n) is 8.70. The number of hydrogen-bond donors (Lipinski definition) is 2. The topological polar surface area (TPSA) is 52.6 Å². The van der Waals surface area contributed by atoms with Crippen molar-refractivity contribution in [2.24, 2.45) is 0 Å². The average Bonchev–Trinajstić information content (AvgIpc) is 3.42. The summed E-state index contributed by atoms with van der Waals surface area (Å²) in [4.78, 5) is 17.7. The van der Waals surface area contributed by atoms with E-state index < -0.39 is 12.1 Å². The van der Waals surface area contributed by atoms with Gasteiger partial charge >= 0.3 is 0 Å². The molecule has 3 aromatic rings. The normalized spacial score (nSPS) is 13.0. The van der Waals surface area contributed by atoms with Gasteiger partial charge in [0, 0.05) is 33.4 Å². The lowest BCUT2D eigenvalue weighted by atomic mass is 10.0. The highest BCUT2D eigenvalue weighted by molar-refractivity contribution is 7.14. The first-order valence-electron chi connectivity index (χ1n) is 11.5. The summed E-state index contributed by atoms with van der Waals surface area (Å²) in [5.74, 6) is -0.0780. The van der Waals surface area contributed by atoms with E-state index in [0.717, 1.165) is 12.0 Å². The van der Waals surface area contributed by atoms with Gasteiger partial charge in [-0.15, -0.1) is 22.7 Å². The number of halogens is 1. The zero-order valence-corrected chi connectivity index (χ0v) is 22.6. The van der Waals surface area contributed by atoms with E-state index in [9.17, 15) is 9.90 Å². The van der Waals surface area contributed by atoms with Gasteiger partial charge in [-0.05, 0) is 92.4 Å². The maximum atomic E-state index is 13.0. The summed E-state index contributed by atoms with van der Waals surface area (Å²) in [7, 11) is 1.95. The molecule has 1 amide bonds. The average molecular weight is 517 g/mol. The third-order valence-electron chi connectivity index (χ3n) is 5.82. The van der Waals surface area contributed by atoms with Crippen LogP contribution >= 0.6 is 34.3 Å². The molecule has 0 spiro atoms. The van der Waals surface area contributed by atoms with Gasteiger partial charge in [0.1, 0.15) is 0 Å². The largest absolute Gasteiger partial charge is 0.393 e. The maximum Gasteiger partial charge on any atom is 0.237 e. The Morgan fingerprint density at radius 1 is 1.09 bits per heavy atom. The molecule has 2 aromatic heterocycles. The molecule has 0 bridgehead atoms. The number of benzene rings is 1. The molecule has 0 aliphatic carbocycles. The van der Waals surface area contributed by atoms with Crippen LogP contribution in [-0.4, -0.2) is 41.7 Å². The van der Waals surface area contributed by atoms with Crippen molar-refractivity contribution in [3.05, 3.63) is 84.7 Å². The Kier molecular flexibility index (Phi) is 9.92. The van der Waals surface area contributed by atoms with Crippen LogP contribution in [0.2, 0.25) is 5.02 Å².